The number of halogens is 1. The Morgan fingerprint density at radius 3 is 2.68 bits per heavy atom. The third-order valence-corrected chi connectivity index (χ3v) is 5.06. The number of hydrogen-bond donors (Lipinski definition) is 1. The van der Waals surface area contributed by atoms with E-state index >= 15 is 0 Å². The molecule has 1 N–H and O–H groups in total. The molecule has 1 aromatic carbocycles. The van der Waals surface area contributed by atoms with Gasteiger partial charge in [0, 0.05) is 24.2 Å². The van der Waals surface area contributed by atoms with Crippen LogP contribution in [-0.4, -0.2) is 23.2 Å². The maximum Gasteiger partial charge on any atom is 0.182 e. The summed E-state index contributed by atoms with van der Waals surface area (Å²) in [4.78, 5) is 16.0. The summed E-state index contributed by atoms with van der Waals surface area (Å²) in [6, 6.07) is 11.6. The van der Waals surface area contributed by atoms with Gasteiger partial charge < -0.3 is 14.5 Å². The Kier molecular flexibility index (Phi) is 4.13. The van der Waals surface area contributed by atoms with Crippen LogP contribution in [0.3, 0.4) is 0 Å². The maximum absolute atomic E-state index is 11.5. The molecule has 3 atom stereocenters. The second kappa shape index (κ2) is 6.32. The zero-order valence-corrected chi connectivity index (χ0v) is 14.4. The van der Waals surface area contributed by atoms with Gasteiger partial charge in [0.25, 0.3) is 0 Å². The standard InChI is InChI=1S/C19H18N2O3.ClH/c22-13-3-5-16-18(9-13)24-19-10-14(4-6-17(19)21-16)23-15-7-11-1-2-12(8-15)20-11;/h3-6,9-12,15,20H,1-2,7-8H2;1H/t11-,12+,15?;. The Morgan fingerprint density at radius 2 is 1.88 bits per heavy atom. The van der Waals surface area contributed by atoms with Gasteiger partial charge in [-0.15, -0.1) is 12.4 Å². The summed E-state index contributed by atoms with van der Waals surface area (Å²) in [5.74, 6) is 1.31. The molecule has 1 aliphatic carbocycles. The molecule has 2 saturated heterocycles. The molecule has 0 amide bonds. The highest BCUT2D eigenvalue weighted by molar-refractivity contribution is 5.85. The average Bonchev–Trinajstić information content (AvgIpc) is 2.91. The van der Waals surface area contributed by atoms with Gasteiger partial charge in [0.2, 0.25) is 0 Å². The Balaban J connectivity index is 0.00000157. The van der Waals surface area contributed by atoms with Crippen LogP contribution in [0.25, 0.3) is 22.6 Å². The van der Waals surface area contributed by atoms with Crippen molar-refractivity contribution < 1.29 is 9.15 Å². The van der Waals surface area contributed by atoms with E-state index in [0.29, 0.717) is 29.1 Å². The van der Waals surface area contributed by atoms with Gasteiger partial charge in [-0.3, -0.25) is 4.79 Å². The first kappa shape index (κ1) is 16.4. The van der Waals surface area contributed by atoms with Crippen LogP contribution in [0, 0.1) is 0 Å². The van der Waals surface area contributed by atoms with E-state index in [-0.39, 0.29) is 23.9 Å². The zero-order chi connectivity index (χ0) is 16.1. The van der Waals surface area contributed by atoms with E-state index in [1.54, 1.807) is 6.07 Å². The fourth-order valence-electron chi connectivity index (χ4n) is 3.95. The number of piperidine rings is 1. The van der Waals surface area contributed by atoms with Gasteiger partial charge in [-0.2, -0.15) is 0 Å². The van der Waals surface area contributed by atoms with Crippen LogP contribution in [-0.2, 0) is 0 Å². The minimum absolute atomic E-state index is 0. The lowest BCUT2D eigenvalue weighted by Gasteiger charge is -2.29. The molecular formula is C19H19ClN2O3. The summed E-state index contributed by atoms with van der Waals surface area (Å²) in [5.41, 5.74) is 2.01. The summed E-state index contributed by atoms with van der Waals surface area (Å²) in [6.45, 7) is 0. The Bertz CT molecular complexity index is 929. The number of rotatable bonds is 2. The van der Waals surface area contributed by atoms with E-state index in [2.05, 4.69) is 10.3 Å². The van der Waals surface area contributed by atoms with Crippen molar-refractivity contribution in [1.29, 1.82) is 0 Å². The molecule has 1 aromatic rings. The molecule has 5 rings (SSSR count). The van der Waals surface area contributed by atoms with Crippen molar-refractivity contribution in [1.82, 2.24) is 10.3 Å². The number of nitrogens with zero attached hydrogens (tertiary/aromatic N) is 1. The third kappa shape index (κ3) is 3.10. The highest BCUT2D eigenvalue weighted by Gasteiger charge is 2.34. The van der Waals surface area contributed by atoms with Crippen molar-refractivity contribution in [2.45, 2.75) is 43.9 Å². The van der Waals surface area contributed by atoms with E-state index in [9.17, 15) is 4.79 Å². The average molecular weight is 359 g/mol. The molecule has 6 heteroatoms. The summed E-state index contributed by atoms with van der Waals surface area (Å²) in [5, 5.41) is 3.62. The number of benzene rings is 2. The minimum atomic E-state index is -0.0787. The second-order valence-electron chi connectivity index (χ2n) is 6.82. The quantitative estimate of drug-likeness (QED) is 0.711. The first-order valence-electron chi connectivity index (χ1n) is 8.50. The fraction of sp³-hybridized carbons (Fsp3) is 0.368. The molecule has 2 bridgehead atoms. The van der Waals surface area contributed by atoms with Gasteiger partial charge in [0.05, 0.1) is 0 Å². The normalized spacial score (nSPS) is 25.0. The van der Waals surface area contributed by atoms with E-state index < -0.39 is 0 Å². The lowest BCUT2D eigenvalue weighted by molar-refractivity contribution is 0.137. The van der Waals surface area contributed by atoms with Crippen LogP contribution in [0.1, 0.15) is 25.7 Å². The van der Waals surface area contributed by atoms with Crippen molar-refractivity contribution in [3.8, 4) is 17.2 Å². The molecule has 0 aromatic heterocycles. The van der Waals surface area contributed by atoms with Crippen LogP contribution in [0.5, 0.6) is 5.75 Å². The predicted molar refractivity (Wildman–Crippen MR) is 97.7 cm³/mol. The second-order valence-corrected chi connectivity index (χ2v) is 6.82. The van der Waals surface area contributed by atoms with Crippen LogP contribution >= 0.6 is 12.4 Å². The van der Waals surface area contributed by atoms with Gasteiger partial charge in [-0.05, 0) is 49.9 Å². The molecule has 3 aliphatic heterocycles. The van der Waals surface area contributed by atoms with Crippen molar-refractivity contribution in [2.75, 3.05) is 0 Å². The third-order valence-electron chi connectivity index (χ3n) is 5.06. The van der Waals surface area contributed by atoms with E-state index in [0.717, 1.165) is 24.1 Å². The Morgan fingerprint density at radius 1 is 1.08 bits per heavy atom. The SMILES string of the molecule is Cl.O=c1ccc2nc3ccc(OC4C[C@H]5CC[C@@H](C4)N5)cc3oc-2c1. The maximum atomic E-state index is 11.5. The first-order chi connectivity index (χ1) is 11.7. The number of fused-ring (bicyclic) bond motifs is 4. The highest BCUT2D eigenvalue weighted by atomic mass is 35.5. The number of ether oxygens (including phenoxy) is 1. The molecule has 0 radical (unpaired) electrons. The van der Waals surface area contributed by atoms with Gasteiger partial charge in [0.1, 0.15) is 23.1 Å². The summed E-state index contributed by atoms with van der Waals surface area (Å²) in [6.07, 6.45) is 4.88. The largest absolute Gasteiger partial charge is 0.490 e. The summed E-state index contributed by atoms with van der Waals surface area (Å²) < 4.78 is 12.0. The first-order valence-corrected chi connectivity index (χ1v) is 8.50. The van der Waals surface area contributed by atoms with Crippen molar-refractivity contribution in [3.05, 3.63) is 46.6 Å². The number of aromatic nitrogens is 1. The van der Waals surface area contributed by atoms with Crippen LogP contribution in [0.15, 0.2) is 45.6 Å². The van der Waals surface area contributed by atoms with Gasteiger partial charge in [-0.25, -0.2) is 4.98 Å². The minimum Gasteiger partial charge on any atom is -0.490 e. The van der Waals surface area contributed by atoms with Crippen LogP contribution in [0.4, 0.5) is 0 Å². The van der Waals surface area contributed by atoms with E-state index in [1.807, 2.05) is 18.2 Å². The Hall–Kier alpha value is -2.11. The lowest BCUT2D eigenvalue weighted by Crippen LogP contribution is -2.42. The van der Waals surface area contributed by atoms with Gasteiger partial charge >= 0.3 is 0 Å². The zero-order valence-electron chi connectivity index (χ0n) is 13.6. The number of nitrogens with one attached hydrogen (secondary N) is 1. The smallest absolute Gasteiger partial charge is 0.182 e. The molecule has 130 valence electrons. The molecule has 5 nitrogen and oxygen atoms in total. The molecule has 4 aliphatic rings. The van der Waals surface area contributed by atoms with Crippen molar-refractivity contribution >= 4 is 23.5 Å². The summed E-state index contributed by atoms with van der Waals surface area (Å²) in [7, 11) is 0. The van der Waals surface area contributed by atoms with Gasteiger partial charge in [-0.1, -0.05) is 0 Å². The van der Waals surface area contributed by atoms with Crippen LogP contribution < -0.4 is 15.5 Å². The molecule has 0 spiro atoms. The van der Waals surface area contributed by atoms with E-state index in [4.69, 9.17) is 9.15 Å². The monoisotopic (exact) mass is 358 g/mol. The molecule has 0 saturated carbocycles. The summed E-state index contributed by atoms with van der Waals surface area (Å²) >= 11 is 0. The van der Waals surface area contributed by atoms with Crippen molar-refractivity contribution in [3.63, 3.8) is 0 Å². The van der Waals surface area contributed by atoms with E-state index in [1.165, 1.54) is 25.0 Å². The predicted octanol–water partition coefficient (Wildman–Crippen LogP) is 3.38. The van der Waals surface area contributed by atoms with Crippen LogP contribution in [0.2, 0.25) is 0 Å². The van der Waals surface area contributed by atoms with Crippen molar-refractivity contribution in [2.24, 2.45) is 0 Å². The molecule has 3 heterocycles. The fourth-order valence-corrected chi connectivity index (χ4v) is 3.95. The number of hydrogen-bond acceptors (Lipinski definition) is 5. The molecule has 2 fully saturated rings. The molecular weight excluding hydrogens is 340 g/mol. The highest BCUT2D eigenvalue weighted by Crippen LogP contribution is 2.31. The van der Waals surface area contributed by atoms with Gasteiger partial charge in [0.15, 0.2) is 16.8 Å². The Labute approximate surface area is 151 Å². The molecule has 1 unspecified atom stereocenters. The lowest BCUT2D eigenvalue weighted by atomic mass is 10.0. The topological polar surface area (TPSA) is 64.4 Å². The molecule has 25 heavy (non-hydrogen) atoms.